The van der Waals surface area contributed by atoms with Gasteiger partial charge in [-0.3, -0.25) is 9.59 Å². The predicted molar refractivity (Wildman–Crippen MR) is 60.6 cm³/mol. The van der Waals surface area contributed by atoms with Crippen LogP contribution in [0.15, 0.2) is 16.5 Å². The Morgan fingerprint density at radius 1 is 1.44 bits per heavy atom. The van der Waals surface area contributed by atoms with Crippen molar-refractivity contribution in [1.82, 2.24) is 5.32 Å². The smallest absolute Gasteiger partial charge is 0.326 e. The Kier molecular flexibility index (Phi) is 3.38. The zero-order valence-electron chi connectivity index (χ0n) is 10.3. The Labute approximate surface area is 104 Å². The second-order valence-corrected chi connectivity index (χ2v) is 4.26. The number of ether oxygens (including phenoxy) is 2. The van der Waals surface area contributed by atoms with Crippen LogP contribution in [0, 0.1) is 12.3 Å². The molecule has 0 bridgehead atoms. The molecule has 0 spiro atoms. The molecule has 18 heavy (non-hydrogen) atoms. The van der Waals surface area contributed by atoms with Gasteiger partial charge in [0.15, 0.2) is 5.41 Å². The van der Waals surface area contributed by atoms with Crippen molar-refractivity contribution in [1.29, 1.82) is 0 Å². The van der Waals surface area contributed by atoms with E-state index in [9.17, 15) is 9.59 Å². The Morgan fingerprint density at radius 2 is 2.17 bits per heavy atom. The third-order valence-electron chi connectivity index (χ3n) is 2.93. The molecule has 0 unspecified atom stereocenters. The Balaban J connectivity index is 1.96. The molecule has 1 amide bonds. The van der Waals surface area contributed by atoms with E-state index in [1.807, 2.05) is 13.0 Å². The lowest BCUT2D eigenvalue weighted by atomic mass is 9.85. The van der Waals surface area contributed by atoms with E-state index in [1.165, 1.54) is 7.11 Å². The highest BCUT2D eigenvalue weighted by Gasteiger charge is 2.53. The van der Waals surface area contributed by atoms with Gasteiger partial charge < -0.3 is 19.2 Å². The van der Waals surface area contributed by atoms with Gasteiger partial charge in [0, 0.05) is 0 Å². The molecule has 0 atom stereocenters. The van der Waals surface area contributed by atoms with Crippen molar-refractivity contribution < 1.29 is 23.5 Å². The van der Waals surface area contributed by atoms with Crippen molar-refractivity contribution in [3.05, 3.63) is 23.7 Å². The summed E-state index contributed by atoms with van der Waals surface area (Å²) in [6.07, 6.45) is 0. The number of furan rings is 1. The number of aryl methyl sites for hydroxylation is 1. The first-order chi connectivity index (χ1) is 8.58. The van der Waals surface area contributed by atoms with Crippen LogP contribution in [0.25, 0.3) is 0 Å². The summed E-state index contributed by atoms with van der Waals surface area (Å²) in [7, 11) is 1.26. The van der Waals surface area contributed by atoms with E-state index in [-0.39, 0.29) is 19.8 Å². The standard InChI is InChI=1S/C12H15NO5/c1-8-3-4-9(18-8)5-13-10(14)12(6-17-7-12)11(15)16-2/h3-4H,5-7H2,1-2H3,(H,13,14). The van der Waals surface area contributed by atoms with E-state index < -0.39 is 17.3 Å². The fraction of sp³-hybridized carbons (Fsp3) is 0.500. The molecule has 1 aliphatic heterocycles. The Hall–Kier alpha value is -1.82. The van der Waals surface area contributed by atoms with E-state index >= 15 is 0 Å². The lowest BCUT2D eigenvalue weighted by Gasteiger charge is -2.36. The Morgan fingerprint density at radius 3 is 2.61 bits per heavy atom. The number of methoxy groups -OCH3 is 1. The quantitative estimate of drug-likeness (QED) is 0.620. The van der Waals surface area contributed by atoms with Gasteiger partial charge >= 0.3 is 5.97 Å². The molecule has 6 nitrogen and oxygen atoms in total. The molecule has 0 aromatic carbocycles. The maximum atomic E-state index is 12.0. The van der Waals surface area contributed by atoms with E-state index in [1.54, 1.807) is 6.07 Å². The van der Waals surface area contributed by atoms with Gasteiger partial charge in [-0.1, -0.05) is 0 Å². The second-order valence-electron chi connectivity index (χ2n) is 4.26. The topological polar surface area (TPSA) is 77.8 Å². The van der Waals surface area contributed by atoms with Crippen LogP contribution in [0.5, 0.6) is 0 Å². The largest absolute Gasteiger partial charge is 0.468 e. The molecule has 98 valence electrons. The van der Waals surface area contributed by atoms with Crippen molar-refractivity contribution >= 4 is 11.9 Å². The van der Waals surface area contributed by atoms with Gasteiger partial charge in [0.1, 0.15) is 11.5 Å². The lowest BCUT2D eigenvalue weighted by Crippen LogP contribution is -2.59. The summed E-state index contributed by atoms with van der Waals surface area (Å²) in [4.78, 5) is 23.6. The summed E-state index contributed by atoms with van der Waals surface area (Å²) in [5, 5.41) is 2.66. The molecule has 1 saturated heterocycles. The van der Waals surface area contributed by atoms with Crippen molar-refractivity contribution in [2.45, 2.75) is 13.5 Å². The van der Waals surface area contributed by atoms with Crippen LogP contribution in [0.3, 0.4) is 0 Å². The van der Waals surface area contributed by atoms with Crippen LogP contribution in [-0.2, 0) is 25.6 Å². The molecular formula is C12H15NO5. The van der Waals surface area contributed by atoms with E-state index in [0.29, 0.717) is 5.76 Å². The van der Waals surface area contributed by atoms with Crippen molar-refractivity contribution in [3.63, 3.8) is 0 Å². The number of esters is 1. The number of hydrogen-bond donors (Lipinski definition) is 1. The highest BCUT2D eigenvalue weighted by Crippen LogP contribution is 2.29. The maximum absolute atomic E-state index is 12.0. The fourth-order valence-corrected chi connectivity index (χ4v) is 1.76. The molecule has 0 aliphatic carbocycles. The minimum atomic E-state index is -1.20. The highest BCUT2D eigenvalue weighted by molar-refractivity contribution is 6.03. The van der Waals surface area contributed by atoms with Gasteiger partial charge in [-0.25, -0.2) is 0 Å². The van der Waals surface area contributed by atoms with Gasteiger partial charge in [-0.05, 0) is 19.1 Å². The molecule has 2 heterocycles. The Bertz CT molecular complexity index is 461. The van der Waals surface area contributed by atoms with Crippen LogP contribution < -0.4 is 5.32 Å². The van der Waals surface area contributed by atoms with Crippen LogP contribution in [0.1, 0.15) is 11.5 Å². The number of carbonyl (C=O) groups is 2. The molecule has 0 radical (unpaired) electrons. The van der Waals surface area contributed by atoms with Crippen molar-refractivity contribution in [3.8, 4) is 0 Å². The minimum Gasteiger partial charge on any atom is -0.468 e. The molecule has 2 rings (SSSR count). The number of amides is 1. The SMILES string of the molecule is COC(=O)C1(C(=O)NCc2ccc(C)o2)COC1. The van der Waals surface area contributed by atoms with Crippen LogP contribution in [0.2, 0.25) is 0 Å². The molecule has 1 aliphatic rings. The average Bonchev–Trinajstić information content (AvgIpc) is 2.70. The zero-order chi connectivity index (χ0) is 13.2. The van der Waals surface area contributed by atoms with Crippen LogP contribution in [-0.4, -0.2) is 32.2 Å². The molecule has 6 heteroatoms. The molecule has 1 fully saturated rings. The molecular weight excluding hydrogens is 238 g/mol. The van der Waals surface area contributed by atoms with Gasteiger partial charge in [0.05, 0.1) is 26.9 Å². The maximum Gasteiger partial charge on any atom is 0.326 e. The first-order valence-corrected chi connectivity index (χ1v) is 5.58. The monoisotopic (exact) mass is 253 g/mol. The predicted octanol–water partition coefficient (Wildman–Crippen LogP) is 0.394. The first-order valence-electron chi connectivity index (χ1n) is 5.58. The summed E-state index contributed by atoms with van der Waals surface area (Å²) in [6.45, 7) is 2.18. The van der Waals surface area contributed by atoms with Gasteiger partial charge in [0.2, 0.25) is 5.91 Å². The lowest BCUT2D eigenvalue weighted by molar-refractivity contribution is -0.188. The number of nitrogens with one attached hydrogen (secondary N) is 1. The number of carbonyl (C=O) groups excluding carboxylic acids is 2. The van der Waals surface area contributed by atoms with Crippen LogP contribution >= 0.6 is 0 Å². The number of hydrogen-bond acceptors (Lipinski definition) is 5. The van der Waals surface area contributed by atoms with Crippen molar-refractivity contribution in [2.24, 2.45) is 5.41 Å². The highest BCUT2D eigenvalue weighted by atomic mass is 16.5. The summed E-state index contributed by atoms with van der Waals surface area (Å²) >= 11 is 0. The summed E-state index contributed by atoms with van der Waals surface area (Å²) < 4.78 is 14.9. The first kappa shape index (κ1) is 12.6. The third-order valence-corrected chi connectivity index (χ3v) is 2.93. The van der Waals surface area contributed by atoms with E-state index in [4.69, 9.17) is 9.15 Å². The molecule has 0 saturated carbocycles. The minimum absolute atomic E-state index is 0.0582. The fourth-order valence-electron chi connectivity index (χ4n) is 1.76. The summed E-state index contributed by atoms with van der Waals surface area (Å²) in [5.41, 5.74) is -1.20. The van der Waals surface area contributed by atoms with Crippen molar-refractivity contribution in [2.75, 3.05) is 20.3 Å². The van der Waals surface area contributed by atoms with Crippen LogP contribution in [0.4, 0.5) is 0 Å². The van der Waals surface area contributed by atoms with Gasteiger partial charge in [-0.15, -0.1) is 0 Å². The van der Waals surface area contributed by atoms with E-state index in [0.717, 1.165) is 5.76 Å². The molecule has 1 aromatic heterocycles. The second kappa shape index (κ2) is 4.81. The zero-order valence-corrected chi connectivity index (χ0v) is 10.3. The molecule has 1 N–H and O–H groups in total. The average molecular weight is 253 g/mol. The number of rotatable bonds is 4. The summed E-state index contributed by atoms with van der Waals surface area (Å²) in [5.74, 6) is 0.451. The van der Waals surface area contributed by atoms with E-state index in [2.05, 4.69) is 10.1 Å². The third kappa shape index (κ3) is 2.11. The molecule has 1 aromatic rings. The summed E-state index contributed by atoms with van der Waals surface area (Å²) in [6, 6.07) is 3.59. The van der Waals surface area contributed by atoms with Gasteiger partial charge in [0.25, 0.3) is 0 Å². The van der Waals surface area contributed by atoms with Gasteiger partial charge in [-0.2, -0.15) is 0 Å². The normalized spacial score (nSPS) is 16.8.